The van der Waals surface area contributed by atoms with E-state index >= 15 is 0 Å². The van der Waals surface area contributed by atoms with Gasteiger partial charge in [0.1, 0.15) is 17.9 Å². The van der Waals surface area contributed by atoms with Crippen LogP contribution in [0.2, 0.25) is 0 Å². The van der Waals surface area contributed by atoms with Gasteiger partial charge >= 0.3 is 0 Å². The van der Waals surface area contributed by atoms with Gasteiger partial charge in [0.15, 0.2) is 0 Å². The molecular weight excluding hydrogens is 240 g/mol. The predicted molar refractivity (Wildman–Crippen MR) is 74.2 cm³/mol. The third-order valence-electron chi connectivity index (χ3n) is 3.04. The lowest BCUT2D eigenvalue weighted by atomic mass is 10.1. The number of ether oxygens (including phenoxy) is 1. The number of methoxy groups -OCH3 is 1. The van der Waals surface area contributed by atoms with Crippen molar-refractivity contribution in [3.63, 3.8) is 0 Å². The Kier molecular flexibility index (Phi) is 4.92. The first-order valence-corrected chi connectivity index (χ1v) is 6.49. The lowest BCUT2D eigenvalue weighted by molar-refractivity contribution is 0.406. The van der Waals surface area contributed by atoms with Crippen molar-refractivity contribution in [2.75, 3.05) is 13.7 Å². The minimum absolute atomic E-state index is 0.388. The van der Waals surface area contributed by atoms with Crippen LogP contribution in [0.15, 0.2) is 30.6 Å². The van der Waals surface area contributed by atoms with Gasteiger partial charge in [-0.05, 0) is 25.0 Å². The molecule has 0 fully saturated rings. The SMILES string of the molecule is COc1ccccc1CC(C)NCCc1ncn[nH]1. The average molecular weight is 260 g/mol. The Hall–Kier alpha value is -1.88. The summed E-state index contributed by atoms with van der Waals surface area (Å²) in [6.45, 7) is 3.05. The third-order valence-corrected chi connectivity index (χ3v) is 3.04. The molecule has 2 aromatic rings. The second-order valence-corrected chi connectivity index (χ2v) is 4.55. The fraction of sp³-hybridized carbons (Fsp3) is 0.429. The summed E-state index contributed by atoms with van der Waals surface area (Å²) >= 11 is 0. The predicted octanol–water partition coefficient (Wildman–Crippen LogP) is 1.58. The molecule has 0 spiro atoms. The molecule has 1 aromatic heterocycles. The number of hydrogen-bond acceptors (Lipinski definition) is 4. The number of hydrogen-bond donors (Lipinski definition) is 2. The number of rotatable bonds is 7. The van der Waals surface area contributed by atoms with Crippen LogP contribution in [-0.4, -0.2) is 34.9 Å². The molecule has 0 radical (unpaired) electrons. The third kappa shape index (κ3) is 4.06. The zero-order valence-corrected chi connectivity index (χ0v) is 11.4. The second-order valence-electron chi connectivity index (χ2n) is 4.55. The first kappa shape index (κ1) is 13.5. The van der Waals surface area contributed by atoms with E-state index in [0.29, 0.717) is 6.04 Å². The smallest absolute Gasteiger partial charge is 0.137 e. The highest BCUT2D eigenvalue weighted by atomic mass is 16.5. The molecule has 2 rings (SSSR count). The van der Waals surface area contributed by atoms with Crippen LogP contribution in [0.3, 0.4) is 0 Å². The standard InChI is InChI=1S/C14H20N4O/c1-11(15-8-7-14-16-10-17-18-14)9-12-5-3-4-6-13(12)19-2/h3-6,10-11,15H,7-9H2,1-2H3,(H,16,17,18). The van der Waals surface area contributed by atoms with Gasteiger partial charge in [-0.3, -0.25) is 5.10 Å². The van der Waals surface area contributed by atoms with E-state index in [2.05, 4.69) is 33.5 Å². The molecule has 5 heteroatoms. The zero-order valence-electron chi connectivity index (χ0n) is 11.4. The first-order chi connectivity index (χ1) is 9.29. The van der Waals surface area contributed by atoms with E-state index in [1.54, 1.807) is 7.11 Å². The minimum Gasteiger partial charge on any atom is -0.496 e. The van der Waals surface area contributed by atoms with Crippen LogP contribution in [0, 0.1) is 0 Å². The molecule has 0 aliphatic rings. The summed E-state index contributed by atoms with van der Waals surface area (Å²) in [7, 11) is 1.71. The van der Waals surface area contributed by atoms with Gasteiger partial charge in [0.05, 0.1) is 7.11 Å². The van der Waals surface area contributed by atoms with Crippen molar-refractivity contribution < 1.29 is 4.74 Å². The van der Waals surface area contributed by atoms with Crippen molar-refractivity contribution in [1.29, 1.82) is 0 Å². The normalized spacial score (nSPS) is 12.3. The fourth-order valence-corrected chi connectivity index (χ4v) is 2.06. The number of benzene rings is 1. The van der Waals surface area contributed by atoms with Gasteiger partial charge in [0.25, 0.3) is 0 Å². The van der Waals surface area contributed by atoms with Crippen LogP contribution in [0.25, 0.3) is 0 Å². The Labute approximate surface area is 113 Å². The van der Waals surface area contributed by atoms with Crippen LogP contribution >= 0.6 is 0 Å². The van der Waals surface area contributed by atoms with Crippen molar-refractivity contribution in [1.82, 2.24) is 20.5 Å². The maximum atomic E-state index is 5.36. The van der Waals surface area contributed by atoms with E-state index in [4.69, 9.17) is 4.74 Å². The molecule has 1 atom stereocenters. The maximum absolute atomic E-state index is 5.36. The number of aromatic amines is 1. The van der Waals surface area contributed by atoms with Crippen LogP contribution in [0.4, 0.5) is 0 Å². The van der Waals surface area contributed by atoms with Gasteiger partial charge in [-0.2, -0.15) is 5.10 Å². The number of nitrogens with one attached hydrogen (secondary N) is 2. The monoisotopic (exact) mass is 260 g/mol. The second kappa shape index (κ2) is 6.89. The van der Waals surface area contributed by atoms with Crippen LogP contribution in [-0.2, 0) is 12.8 Å². The number of H-pyrrole nitrogens is 1. The van der Waals surface area contributed by atoms with Crippen LogP contribution in [0.5, 0.6) is 5.75 Å². The lowest BCUT2D eigenvalue weighted by Gasteiger charge is -2.15. The maximum Gasteiger partial charge on any atom is 0.137 e. The first-order valence-electron chi connectivity index (χ1n) is 6.49. The summed E-state index contributed by atoms with van der Waals surface area (Å²) < 4.78 is 5.36. The van der Waals surface area contributed by atoms with Crippen molar-refractivity contribution >= 4 is 0 Å². The Morgan fingerprint density at radius 1 is 1.37 bits per heavy atom. The lowest BCUT2D eigenvalue weighted by Crippen LogP contribution is -2.30. The topological polar surface area (TPSA) is 62.8 Å². The molecule has 1 unspecified atom stereocenters. The molecule has 1 heterocycles. The van der Waals surface area contributed by atoms with Crippen molar-refractivity contribution in [3.05, 3.63) is 42.0 Å². The molecule has 0 saturated carbocycles. The number of nitrogens with zero attached hydrogens (tertiary/aromatic N) is 2. The Morgan fingerprint density at radius 3 is 2.95 bits per heavy atom. The largest absolute Gasteiger partial charge is 0.496 e. The molecule has 1 aromatic carbocycles. The molecule has 19 heavy (non-hydrogen) atoms. The van der Waals surface area contributed by atoms with Crippen molar-refractivity contribution in [2.24, 2.45) is 0 Å². The molecule has 102 valence electrons. The van der Waals surface area contributed by atoms with E-state index in [0.717, 1.165) is 31.0 Å². The summed E-state index contributed by atoms with van der Waals surface area (Å²) in [6.07, 6.45) is 3.34. The summed E-state index contributed by atoms with van der Waals surface area (Å²) in [6, 6.07) is 8.52. The van der Waals surface area contributed by atoms with Gasteiger partial charge in [-0.1, -0.05) is 18.2 Å². The fourth-order valence-electron chi connectivity index (χ4n) is 2.06. The van der Waals surface area contributed by atoms with E-state index < -0.39 is 0 Å². The average Bonchev–Trinajstić information content (AvgIpc) is 2.92. The highest BCUT2D eigenvalue weighted by molar-refractivity contribution is 5.33. The van der Waals surface area contributed by atoms with E-state index in [-0.39, 0.29) is 0 Å². The molecule has 2 N–H and O–H groups in total. The molecule has 5 nitrogen and oxygen atoms in total. The Balaban J connectivity index is 1.79. The highest BCUT2D eigenvalue weighted by Gasteiger charge is 2.07. The van der Waals surface area contributed by atoms with E-state index in [9.17, 15) is 0 Å². The van der Waals surface area contributed by atoms with Gasteiger partial charge in [-0.25, -0.2) is 4.98 Å². The van der Waals surface area contributed by atoms with Gasteiger partial charge in [0, 0.05) is 19.0 Å². The quantitative estimate of drug-likeness (QED) is 0.793. The summed E-state index contributed by atoms with van der Waals surface area (Å²) in [5.41, 5.74) is 1.23. The molecule has 0 bridgehead atoms. The Morgan fingerprint density at radius 2 is 2.21 bits per heavy atom. The van der Waals surface area contributed by atoms with Crippen molar-refractivity contribution in [3.8, 4) is 5.75 Å². The highest BCUT2D eigenvalue weighted by Crippen LogP contribution is 2.18. The van der Waals surface area contributed by atoms with Gasteiger partial charge in [-0.15, -0.1) is 0 Å². The van der Waals surface area contributed by atoms with Crippen LogP contribution < -0.4 is 10.1 Å². The number of aromatic nitrogens is 3. The summed E-state index contributed by atoms with van der Waals surface area (Å²) in [5.74, 6) is 1.86. The van der Waals surface area contributed by atoms with Gasteiger partial charge in [0.2, 0.25) is 0 Å². The van der Waals surface area contributed by atoms with Crippen molar-refractivity contribution in [2.45, 2.75) is 25.8 Å². The molecule has 0 amide bonds. The molecule has 0 aliphatic carbocycles. The molecule has 0 saturated heterocycles. The van der Waals surface area contributed by atoms with Crippen LogP contribution in [0.1, 0.15) is 18.3 Å². The summed E-state index contributed by atoms with van der Waals surface area (Å²) in [5, 5.41) is 10.2. The zero-order chi connectivity index (χ0) is 13.5. The van der Waals surface area contributed by atoms with E-state index in [1.165, 1.54) is 11.9 Å². The molecular formula is C14H20N4O. The van der Waals surface area contributed by atoms with E-state index in [1.807, 2.05) is 18.2 Å². The minimum atomic E-state index is 0.388. The number of para-hydroxylation sites is 1. The van der Waals surface area contributed by atoms with Gasteiger partial charge < -0.3 is 10.1 Å². The molecule has 0 aliphatic heterocycles. The Bertz CT molecular complexity index is 484. The summed E-state index contributed by atoms with van der Waals surface area (Å²) in [4.78, 5) is 4.10.